The molecule has 0 unspecified atom stereocenters. The van der Waals surface area contributed by atoms with Crippen LogP contribution in [0.2, 0.25) is 5.02 Å². The van der Waals surface area contributed by atoms with Crippen LogP contribution in [0.3, 0.4) is 0 Å². The lowest BCUT2D eigenvalue weighted by molar-refractivity contribution is -0.0954. The Morgan fingerprint density at radius 1 is 1.06 bits per heavy atom. The van der Waals surface area contributed by atoms with Crippen molar-refractivity contribution in [2.75, 3.05) is 5.32 Å². The van der Waals surface area contributed by atoms with E-state index in [4.69, 9.17) is 16.6 Å². The fourth-order valence-corrected chi connectivity index (χ4v) is 5.02. The van der Waals surface area contributed by atoms with Crippen LogP contribution >= 0.6 is 11.6 Å². The first kappa shape index (κ1) is 21.1. The van der Waals surface area contributed by atoms with Gasteiger partial charge in [-0.2, -0.15) is 5.10 Å². The van der Waals surface area contributed by atoms with Gasteiger partial charge >= 0.3 is 0 Å². The fourth-order valence-electron chi connectivity index (χ4n) is 4.82. The van der Waals surface area contributed by atoms with Crippen molar-refractivity contribution < 1.29 is 8.78 Å². The number of nitrogens with one attached hydrogen (secondary N) is 2. The molecule has 0 aromatic carbocycles. The van der Waals surface area contributed by atoms with E-state index < -0.39 is 5.92 Å². The lowest BCUT2D eigenvalue weighted by Gasteiger charge is -2.40. The van der Waals surface area contributed by atoms with Gasteiger partial charge in [0.15, 0.2) is 0 Å². The Bertz CT molecular complexity index is 928. The van der Waals surface area contributed by atoms with E-state index in [0.717, 1.165) is 49.3 Å². The first-order chi connectivity index (χ1) is 14.9. The van der Waals surface area contributed by atoms with E-state index in [1.807, 2.05) is 17.9 Å². The monoisotopic (exact) mass is 450 g/mol. The van der Waals surface area contributed by atoms with E-state index in [1.165, 1.54) is 18.5 Å². The van der Waals surface area contributed by atoms with Gasteiger partial charge in [0.2, 0.25) is 5.95 Å². The molecular weight excluding hydrogens is 422 g/mol. The Labute approximate surface area is 186 Å². The molecule has 31 heavy (non-hydrogen) atoms. The molecule has 3 aliphatic rings. The van der Waals surface area contributed by atoms with Crippen molar-refractivity contribution in [3.05, 3.63) is 23.1 Å². The second kappa shape index (κ2) is 8.28. The molecule has 5 rings (SSSR count). The molecule has 2 aromatic rings. The Morgan fingerprint density at radius 2 is 1.77 bits per heavy atom. The molecule has 168 valence electrons. The standard InChI is InChI=1S/C22H29ClF2N6/c1-31-19(8-13-2-3-13)17(11-27-31)20-18(23)12-26-21(30-20)29-15-6-4-14(5-7-15)28-16-9-22(24,25)10-16/h11-16,28H,2-10H2,1H3,(H,26,29,30)/t14-,15-. The van der Waals surface area contributed by atoms with Crippen LogP contribution in [0.25, 0.3) is 11.3 Å². The maximum Gasteiger partial charge on any atom is 0.251 e. The summed E-state index contributed by atoms with van der Waals surface area (Å²) in [5, 5.41) is 11.8. The normalized spacial score (nSPS) is 25.9. The van der Waals surface area contributed by atoms with Gasteiger partial charge in [-0.05, 0) is 50.9 Å². The third-order valence-corrected chi connectivity index (χ3v) is 7.14. The molecular formula is C22H29ClF2N6. The molecule has 0 bridgehead atoms. The average Bonchev–Trinajstić information content (AvgIpc) is 3.46. The molecule has 0 spiro atoms. The minimum atomic E-state index is -2.47. The zero-order valence-electron chi connectivity index (χ0n) is 17.8. The molecule has 0 aliphatic heterocycles. The number of anilines is 1. The minimum Gasteiger partial charge on any atom is -0.351 e. The van der Waals surface area contributed by atoms with E-state index in [-0.39, 0.29) is 24.9 Å². The number of aromatic nitrogens is 4. The van der Waals surface area contributed by atoms with Gasteiger partial charge in [0.05, 0.1) is 23.1 Å². The first-order valence-corrected chi connectivity index (χ1v) is 11.7. The first-order valence-electron chi connectivity index (χ1n) is 11.3. The summed E-state index contributed by atoms with van der Waals surface area (Å²) < 4.78 is 28.0. The van der Waals surface area contributed by atoms with Gasteiger partial charge < -0.3 is 10.6 Å². The van der Waals surface area contributed by atoms with Gasteiger partial charge in [0.1, 0.15) is 0 Å². The maximum absolute atomic E-state index is 13.0. The van der Waals surface area contributed by atoms with Gasteiger partial charge in [-0.25, -0.2) is 18.7 Å². The van der Waals surface area contributed by atoms with Gasteiger partial charge in [0.25, 0.3) is 5.92 Å². The summed E-state index contributed by atoms with van der Waals surface area (Å²) in [6, 6.07) is 0.562. The van der Waals surface area contributed by atoms with Crippen LogP contribution in [0.4, 0.5) is 14.7 Å². The van der Waals surface area contributed by atoms with Gasteiger partial charge in [-0.15, -0.1) is 0 Å². The summed E-state index contributed by atoms with van der Waals surface area (Å²) in [6.07, 6.45) is 10.9. The second-order valence-corrected chi connectivity index (χ2v) is 9.89. The number of alkyl halides is 2. The number of rotatable bonds is 7. The van der Waals surface area contributed by atoms with Crippen molar-refractivity contribution in [2.24, 2.45) is 13.0 Å². The smallest absolute Gasteiger partial charge is 0.251 e. The maximum atomic E-state index is 13.0. The van der Waals surface area contributed by atoms with Crippen LogP contribution in [0, 0.1) is 5.92 Å². The third-order valence-electron chi connectivity index (χ3n) is 6.86. The van der Waals surface area contributed by atoms with Crippen molar-refractivity contribution in [3.63, 3.8) is 0 Å². The van der Waals surface area contributed by atoms with Crippen molar-refractivity contribution in [2.45, 2.75) is 81.8 Å². The van der Waals surface area contributed by atoms with Crippen LogP contribution in [-0.2, 0) is 13.5 Å². The Hall–Kier alpha value is -1.80. The molecule has 0 radical (unpaired) electrons. The summed E-state index contributed by atoms with van der Waals surface area (Å²) in [5.41, 5.74) is 2.88. The van der Waals surface area contributed by atoms with Crippen molar-refractivity contribution in [1.82, 2.24) is 25.1 Å². The lowest BCUT2D eigenvalue weighted by atomic mass is 9.85. The summed E-state index contributed by atoms with van der Waals surface area (Å²) in [5.74, 6) is -1.15. The molecule has 0 atom stereocenters. The number of halogens is 3. The van der Waals surface area contributed by atoms with Crippen LogP contribution in [0.5, 0.6) is 0 Å². The van der Waals surface area contributed by atoms with Crippen molar-refractivity contribution >= 4 is 17.5 Å². The molecule has 2 aromatic heterocycles. The average molecular weight is 451 g/mol. The number of hydrogen-bond donors (Lipinski definition) is 2. The van der Waals surface area contributed by atoms with Crippen LogP contribution in [0.1, 0.15) is 57.1 Å². The number of nitrogens with zero attached hydrogens (tertiary/aromatic N) is 4. The third kappa shape index (κ3) is 4.85. The van der Waals surface area contributed by atoms with Crippen LogP contribution < -0.4 is 10.6 Å². The Morgan fingerprint density at radius 3 is 2.45 bits per heavy atom. The topological polar surface area (TPSA) is 67.7 Å². The molecule has 3 saturated carbocycles. The fraction of sp³-hybridized carbons (Fsp3) is 0.682. The lowest BCUT2D eigenvalue weighted by Crippen LogP contribution is -2.52. The summed E-state index contributed by atoms with van der Waals surface area (Å²) >= 11 is 6.46. The second-order valence-electron chi connectivity index (χ2n) is 9.49. The minimum absolute atomic E-state index is 0.0242. The van der Waals surface area contributed by atoms with E-state index in [2.05, 4.69) is 20.7 Å². The highest BCUT2D eigenvalue weighted by molar-refractivity contribution is 6.32. The van der Waals surface area contributed by atoms with Crippen molar-refractivity contribution in [1.29, 1.82) is 0 Å². The van der Waals surface area contributed by atoms with E-state index in [1.54, 1.807) is 6.20 Å². The van der Waals surface area contributed by atoms with E-state index in [9.17, 15) is 8.78 Å². The highest BCUT2D eigenvalue weighted by Crippen LogP contribution is 2.39. The molecule has 0 saturated heterocycles. The largest absolute Gasteiger partial charge is 0.351 e. The van der Waals surface area contributed by atoms with Gasteiger partial charge in [-0.1, -0.05) is 11.6 Å². The summed E-state index contributed by atoms with van der Waals surface area (Å²) in [6.45, 7) is 0. The molecule has 3 aliphatic carbocycles. The summed E-state index contributed by atoms with van der Waals surface area (Å²) in [4.78, 5) is 9.13. The molecule has 9 heteroatoms. The molecule has 3 fully saturated rings. The highest BCUT2D eigenvalue weighted by Gasteiger charge is 2.45. The van der Waals surface area contributed by atoms with E-state index in [0.29, 0.717) is 17.0 Å². The molecule has 6 nitrogen and oxygen atoms in total. The van der Waals surface area contributed by atoms with Gasteiger partial charge in [-0.3, -0.25) is 4.68 Å². The van der Waals surface area contributed by atoms with Crippen LogP contribution in [-0.4, -0.2) is 43.8 Å². The molecule has 2 N–H and O–H groups in total. The Balaban J connectivity index is 1.21. The zero-order chi connectivity index (χ0) is 21.6. The zero-order valence-corrected chi connectivity index (χ0v) is 18.5. The predicted octanol–water partition coefficient (Wildman–Crippen LogP) is 4.59. The highest BCUT2D eigenvalue weighted by atomic mass is 35.5. The quantitative estimate of drug-likeness (QED) is 0.645. The summed E-state index contributed by atoms with van der Waals surface area (Å²) in [7, 11) is 1.96. The predicted molar refractivity (Wildman–Crippen MR) is 116 cm³/mol. The van der Waals surface area contributed by atoms with Crippen molar-refractivity contribution in [3.8, 4) is 11.3 Å². The molecule has 2 heterocycles. The Kier molecular flexibility index (Phi) is 5.63. The van der Waals surface area contributed by atoms with Gasteiger partial charge in [0, 0.05) is 49.3 Å². The molecule has 0 amide bonds. The SMILES string of the molecule is Cn1ncc(-c2nc(N[C@H]3CC[C@H](NC4CC(F)(F)C4)CC3)ncc2Cl)c1CC1CC1. The number of aryl methyl sites for hydroxylation is 1. The van der Waals surface area contributed by atoms with E-state index >= 15 is 0 Å². The number of hydrogen-bond acceptors (Lipinski definition) is 5. The van der Waals surface area contributed by atoms with Crippen LogP contribution in [0.15, 0.2) is 12.4 Å².